The third-order valence-electron chi connectivity index (χ3n) is 2.96. The molecule has 1 heterocycles. The monoisotopic (exact) mass is 282 g/mol. The first kappa shape index (κ1) is 16.3. The number of nitrogens with zero attached hydrogens (tertiary/aromatic N) is 3. The smallest absolute Gasteiger partial charge is 0.308 e. The fourth-order valence-electron chi connectivity index (χ4n) is 1.73. The second kappa shape index (κ2) is 7.74. The fourth-order valence-corrected chi connectivity index (χ4v) is 1.73. The highest BCUT2D eigenvalue weighted by atomic mass is 16.2. The number of imide groups is 2. The van der Waals surface area contributed by atoms with Crippen molar-refractivity contribution in [3.63, 3.8) is 0 Å². The highest BCUT2D eigenvalue weighted by molar-refractivity contribution is 6.23. The van der Waals surface area contributed by atoms with Crippen LogP contribution in [-0.2, 0) is 9.59 Å². The van der Waals surface area contributed by atoms with E-state index >= 15 is 0 Å². The summed E-state index contributed by atoms with van der Waals surface area (Å²) in [4.78, 5) is 42.5. The van der Waals surface area contributed by atoms with E-state index in [9.17, 15) is 14.4 Å². The molecular weight excluding hydrogens is 260 g/mol. The minimum atomic E-state index is -0.994. The van der Waals surface area contributed by atoms with Crippen LogP contribution >= 0.6 is 0 Å². The molecule has 1 saturated heterocycles. The number of hydrogen-bond donors (Lipinski definition) is 1. The summed E-state index contributed by atoms with van der Waals surface area (Å²) in [5, 5.41) is 2.19. The summed E-state index contributed by atoms with van der Waals surface area (Å²) in [5.41, 5.74) is 0. The van der Waals surface area contributed by atoms with E-state index < -0.39 is 23.8 Å². The molecule has 7 nitrogen and oxygen atoms in total. The number of carbonyl (C=O) groups is 3. The Labute approximate surface area is 119 Å². The largest absolute Gasteiger partial charge is 0.330 e. The van der Waals surface area contributed by atoms with Gasteiger partial charge >= 0.3 is 6.03 Å². The summed E-state index contributed by atoms with van der Waals surface area (Å²) in [6, 6.07) is -0.633. The molecule has 0 unspecified atom stereocenters. The van der Waals surface area contributed by atoms with Gasteiger partial charge in [0.25, 0.3) is 0 Å². The van der Waals surface area contributed by atoms with Crippen LogP contribution in [0.1, 0.15) is 19.8 Å². The molecule has 0 saturated carbocycles. The zero-order valence-electron chi connectivity index (χ0n) is 12.3. The fraction of sp³-hybridized carbons (Fsp3) is 0.692. The van der Waals surface area contributed by atoms with Crippen LogP contribution in [0.3, 0.4) is 0 Å². The third kappa shape index (κ3) is 4.41. The van der Waals surface area contributed by atoms with Gasteiger partial charge in [0.2, 0.25) is 11.8 Å². The number of unbranched alkanes of at least 4 members (excludes halogenated alkanes) is 1. The molecule has 0 aromatic carbocycles. The van der Waals surface area contributed by atoms with Crippen molar-refractivity contribution in [2.45, 2.75) is 19.8 Å². The molecule has 0 bridgehead atoms. The van der Waals surface area contributed by atoms with Crippen molar-refractivity contribution >= 4 is 24.1 Å². The minimum Gasteiger partial charge on any atom is -0.308 e. The summed E-state index contributed by atoms with van der Waals surface area (Å²) in [6.07, 6.45) is 2.93. The number of hydrogen-bond acceptors (Lipinski definition) is 5. The number of nitrogens with one attached hydrogen (secondary N) is 1. The minimum absolute atomic E-state index is 0.330. The molecule has 1 N–H and O–H groups in total. The molecule has 1 aliphatic heterocycles. The number of barbiturate groups is 1. The predicted octanol–water partition coefficient (Wildman–Crippen LogP) is 0.114. The molecule has 7 heteroatoms. The average Bonchev–Trinajstić information content (AvgIpc) is 2.37. The first-order chi connectivity index (χ1) is 9.47. The van der Waals surface area contributed by atoms with E-state index in [4.69, 9.17) is 0 Å². The molecule has 1 rings (SSSR count). The van der Waals surface area contributed by atoms with E-state index in [2.05, 4.69) is 10.3 Å². The maximum absolute atomic E-state index is 12.1. The Morgan fingerprint density at radius 1 is 1.35 bits per heavy atom. The van der Waals surface area contributed by atoms with E-state index in [0.717, 1.165) is 24.3 Å². The Morgan fingerprint density at radius 2 is 2.05 bits per heavy atom. The zero-order chi connectivity index (χ0) is 15.1. The van der Waals surface area contributed by atoms with Gasteiger partial charge in [-0.15, -0.1) is 0 Å². The Morgan fingerprint density at radius 3 is 2.65 bits per heavy atom. The van der Waals surface area contributed by atoms with Gasteiger partial charge in [0.05, 0.1) is 6.54 Å². The van der Waals surface area contributed by atoms with Gasteiger partial charge in [-0.1, -0.05) is 13.3 Å². The van der Waals surface area contributed by atoms with Gasteiger partial charge in [0.15, 0.2) is 5.92 Å². The highest BCUT2D eigenvalue weighted by Gasteiger charge is 2.38. The zero-order valence-corrected chi connectivity index (χ0v) is 12.3. The van der Waals surface area contributed by atoms with Crippen LogP contribution in [0.2, 0.25) is 0 Å². The molecule has 0 aromatic heterocycles. The third-order valence-corrected chi connectivity index (χ3v) is 2.96. The maximum Gasteiger partial charge on any atom is 0.330 e. The molecular formula is C13H22N4O3. The van der Waals surface area contributed by atoms with Crippen molar-refractivity contribution in [1.29, 1.82) is 0 Å². The van der Waals surface area contributed by atoms with Crippen LogP contribution < -0.4 is 5.32 Å². The SMILES string of the molecule is CCCCN1C(=O)NC(=O)[C@@H](C=NCCN(C)C)C1=O. The van der Waals surface area contributed by atoms with Gasteiger partial charge in [0, 0.05) is 19.3 Å². The molecule has 4 amide bonds. The van der Waals surface area contributed by atoms with E-state index in [1.54, 1.807) is 0 Å². The van der Waals surface area contributed by atoms with Crippen LogP contribution in [0, 0.1) is 5.92 Å². The Balaban J connectivity index is 2.66. The molecule has 0 spiro atoms. The molecule has 112 valence electrons. The number of rotatable bonds is 7. The lowest BCUT2D eigenvalue weighted by Gasteiger charge is -2.28. The van der Waals surface area contributed by atoms with Crippen LogP contribution in [0.4, 0.5) is 4.79 Å². The quantitative estimate of drug-likeness (QED) is 0.531. The summed E-state index contributed by atoms with van der Waals surface area (Å²) in [7, 11) is 3.83. The van der Waals surface area contributed by atoms with Gasteiger partial charge in [-0.05, 0) is 20.5 Å². The molecule has 1 aliphatic rings. The molecule has 20 heavy (non-hydrogen) atoms. The first-order valence-corrected chi connectivity index (χ1v) is 6.78. The van der Waals surface area contributed by atoms with Crippen LogP contribution in [0.15, 0.2) is 4.99 Å². The van der Waals surface area contributed by atoms with Gasteiger partial charge in [-0.3, -0.25) is 24.8 Å². The Bertz CT molecular complexity index is 406. The predicted molar refractivity (Wildman–Crippen MR) is 75.6 cm³/mol. The maximum atomic E-state index is 12.1. The van der Waals surface area contributed by atoms with Crippen molar-refractivity contribution in [3.8, 4) is 0 Å². The number of carbonyl (C=O) groups excluding carboxylic acids is 3. The van der Waals surface area contributed by atoms with Crippen LogP contribution in [0.25, 0.3) is 0 Å². The van der Waals surface area contributed by atoms with Gasteiger partial charge < -0.3 is 4.90 Å². The average molecular weight is 282 g/mol. The van der Waals surface area contributed by atoms with Crippen molar-refractivity contribution in [2.24, 2.45) is 10.9 Å². The highest BCUT2D eigenvalue weighted by Crippen LogP contribution is 2.10. The first-order valence-electron chi connectivity index (χ1n) is 6.78. The topological polar surface area (TPSA) is 82.1 Å². The van der Waals surface area contributed by atoms with Gasteiger partial charge in [-0.25, -0.2) is 4.79 Å². The lowest BCUT2D eigenvalue weighted by molar-refractivity contribution is -0.139. The molecule has 0 radical (unpaired) electrons. The normalized spacial score (nSPS) is 20.1. The van der Waals surface area contributed by atoms with Crippen molar-refractivity contribution in [2.75, 3.05) is 33.7 Å². The van der Waals surface area contributed by atoms with Crippen molar-refractivity contribution in [3.05, 3.63) is 0 Å². The molecule has 1 atom stereocenters. The summed E-state index contributed by atoms with van der Waals surface area (Å²) < 4.78 is 0. The molecule has 0 aliphatic carbocycles. The summed E-state index contributed by atoms with van der Waals surface area (Å²) in [5.74, 6) is -2.08. The summed E-state index contributed by atoms with van der Waals surface area (Å²) in [6.45, 7) is 3.54. The van der Waals surface area contributed by atoms with Crippen molar-refractivity contribution in [1.82, 2.24) is 15.1 Å². The summed E-state index contributed by atoms with van der Waals surface area (Å²) >= 11 is 0. The Hall–Kier alpha value is -1.76. The van der Waals surface area contributed by atoms with Gasteiger partial charge in [0.1, 0.15) is 0 Å². The van der Waals surface area contributed by atoms with Crippen LogP contribution in [-0.4, -0.2) is 67.6 Å². The second-order valence-electron chi connectivity index (χ2n) is 4.97. The van der Waals surface area contributed by atoms with Crippen molar-refractivity contribution < 1.29 is 14.4 Å². The number of urea groups is 1. The number of likely N-dealkylation sites (N-methyl/N-ethyl adjacent to an activating group) is 1. The molecule has 1 fully saturated rings. The van der Waals surface area contributed by atoms with E-state index in [0.29, 0.717) is 13.1 Å². The number of aliphatic imine (C=N–C) groups is 1. The second-order valence-corrected chi connectivity index (χ2v) is 4.97. The Kier molecular flexibility index (Phi) is 6.30. The van der Waals surface area contributed by atoms with E-state index in [1.165, 1.54) is 6.21 Å². The molecule has 0 aromatic rings. The van der Waals surface area contributed by atoms with Crippen LogP contribution in [0.5, 0.6) is 0 Å². The standard InChI is InChI=1S/C13H22N4O3/c1-4-5-7-17-12(19)10(11(18)15-13(17)20)9-14-6-8-16(2)3/h9-10H,4-8H2,1-3H3,(H,15,18,20)/t10-/m1/s1. The lowest BCUT2D eigenvalue weighted by Crippen LogP contribution is -2.58. The van der Waals surface area contributed by atoms with E-state index in [-0.39, 0.29) is 0 Å². The number of amides is 4. The van der Waals surface area contributed by atoms with Gasteiger partial charge in [-0.2, -0.15) is 0 Å². The van der Waals surface area contributed by atoms with E-state index in [1.807, 2.05) is 25.9 Å². The lowest BCUT2D eigenvalue weighted by atomic mass is 10.1.